The van der Waals surface area contributed by atoms with Gasteiger partial charge in [-0.1, -0.05) is 26.0 Å². The summed E-state index contributed by atoms with van der Waals surface area (Å²) in [7, 11) is 1.67. The molecule has 0 amide bonds. The minimum Gasteiger partial charge on any atom is -0.496 e. The molecule has 1 atom stereocenters. The van der Waals surface area contributed by atoms with Gasteiger partial charge >= 0.3 is 0 Å². The van der Waals surface area contributed by atoms with Crippen LogP contribution in [0.15, 0.2) is 18.2 Å². The first-order chi connectivity index (χ1) is 7.58. The van der Waals surface area contributed by atoms with Gasteiger partial charge in [0, 0.05) is 5.92 Å². The first-order valence-corrected chi connectivity index (χ1v) is 5.74. The Morgan fingerprint density at radius 1 is 1.44 bits per heavy atom. The van der Waals surface area contributed by atoms with E-state index in [9.17, 15) is 4.79 Å². The lowest BCUT2D eigenvalue weighted by molar-refractivity contribution is -0.120. The molecule has 0 aliphatic rings. The number of aryl methyl sites for hydroxylation is 1. The SMILES string of the molecule is CCc1ccc(OC)c(CC(C)C(C)=O)c1. The third-order valence-electron chi connectivity index (χ3n) is 2.97. The third kappa shape index (κ3) is 3.09. The first kappa shape index (κ1) is 12.8. The summed E-state index contributed by atoms with van der Waals surface area (Å²) >= 11 is 0. The Bertz CT molecular complexity index is 369. The van der Waals surface area contributed by atoms with Gasteiger partial charge in [-0.25, -0.2) is 0 Å². The highest BCUT2D eigenvalue weighted by Gasteiger charge is 2.12. The van der Waals surface area contributed by atoms with Gasteiger partial charge in [0.25, 0.3) is 0 Å². The van der Waals surface area contributed by atoms with Crippen LogP contribution in [0.5, 0.6) is 5.75 Å². The lowest BCUT2D eigenvalue weighted by Gasteiger charge is -2.13. The van der Waals surface area contributed by atoms with Gasteiger partial charge in [-0.05, 0) is 37.0 Å². The largest absolute Gasteiger partial charge is 0.496 e. The Balaban J connectivity index is 2.95. The van der Waals surface area contributed by atoms with E-state index < -0.39 is 0 Å². The normalized spacial score (nSPS) is 12.2. The van der Waals surface area contributed by atoms with Crippen molar-refractivity contribution in [1.82, 2.24) is 0 Å². The van der Waals surface area contributed by atoms with Crippen molar-refractivity contribution in [1.29, 1.82) is 0 Å². The summed E-state index contributed by atoms with van der Waals surface area (Å²) in [6.07, 6.45) is 1.76. The average molecular weight is 220 g/mol. The van der Waals surface area contributed by atoms with E-state index >= 15 is 0 Å². The molecule has 0 saturated heterocycles. The van der Waals surface area contributed by atoms with E-state index in [1.165, 1.54) is 5.56 Å². The molecule has 0 aliphatic carbocycles. The smallest absolute Gasteiger partial charge is 0.132 e. The molecule has 1 rings (SSSR count). The minimum absolute atomic E-state index is 0.0565. The molecule has 88 valence electrons. The van der Waals surface area contributed by atoms with Gasteiger partial charge in [0.15, 0.2) is 0 Å². The lowest BCUT2D eigenvalue weighted by Crippen LogP contribution is -2.10. The summed E-state index contributed by atoms with van der Waals surface area (Å²) in [6, 6.07) is 6.19. The predicted molar refractivity (Wildman–Crippen MR) is 65.9 cm³/mol. The quantitative estimate of drug-likeness (QED) is 0.762. The molecule has 0 spiro atoms. The highest BCUT2D eigenvalue weighted by molar-refractivity contribution is 5.78. The highest BCUT2D eigenvalue weighted by Crippen LogP contribution is 2.23. The summed E-state index contributed by atoms with van der Waals surface area (Å²) < 4.78 is 5.31. The molecule has 0 aliphatic heterocycles. The molecule has 0 aromatic heterocycles. The number of ketones is 1. The Kier molecular flexibility index (Phi) is 4.53. The van der Waals surface area contributed by atoms with E-state index in [2.05, 4.69) is 19.1 Å². The molecule has 2 heteroatoms. The zero-order valence-corrected chi connectivity index (χ0v) is 10.5. The molecular weight excluding hydrogens is 200 g/mol. The summed E-state index contributed by atoms with van der Waals surface area (Å²) in [5.74, 6) is 1.16. The second-order valence-corrected chi connectivity index (χ2v) is 4.22. The monoisotopic (exact) mass is 220 g/mol. The van der Waals surface area contributed by atoms with Crippen LogP contribution in [0.3, 0.4) is 0 Å². The van der Waals surface area contributed by atoms with Gasteiger partial charge in [0.2, 0.25) is 0 Å². The van der Waals surface area contributed by atoms with E-state index in [1.807, 2.05) is 13.0 Å². The van der Waals surface area contributed by atoms with Gasteiger partial charge in [-0.3, -0.25) is 4.79 Å². The van der Waals surface area contributed by atoms with Crippen LogP contribution in [0.1, 0.15) is 31.9 Å². The maximum absolute atomic E-state index is 11.3. The number of Topliss-reactive ketones (excluding diaryl/α,β-unsaturated/α-hetero) is 1. The number of rotatable bonds is 5. The number of benzene rings is 1. The van der Waals surface area contributed by atoms with Crippen LogP contribution in [0, 0.1) is 5.92 Å². The lowest BCUT2D eigenvalue weighted by atomic mass is 9.95. The first-order valence-electron chi connectivity index (χ1n) is 5.74. The van der Waals surface area contributed by atoms with Crippen LogP contribution < -0.4 is 4.74 Å². The van der Waals surface area contributed by atoms with Crippen LogP contribution in [0.2, 0.25) is 0 Å². The zero-order valence-electron chi connectivity index (χ0n) is 10.5. The molecule has 1 aromatic carbocycles. The summed E-state index contributed by atoms with van der Waals surface area (Å²) in [4.78, 5) is 11.3. The highest BCUT2D eigenvalue weighted by atomic mass is 16.5. The van der Waals surface area contributed by atoms with Crippen LogP contribution in [0.4, 0.5) is 0 Å². The second kappa shape index (κ2) is 5.69. The maximum Gasteiger partial charge on any atom is 0.132 e. The van der Waals surface area contributed by atoms with Crippen molar-refractivity contribution >= 4 is 5.78 Å². The predicted octanol–water partition coefficient (Wildman–Crippen LogP) is 3.03. The van der Waals surface area contributed by atoms with Gasteiger partial charge < -0.3 is 4.74 Å². The molecule has 1 aromatic rings. The summed E-state index contributed by atoms with van der Waals surface area (Å²) in [5.41, 5.74) is 2.41. The molecule has 0 radical (unpaired) electrons. The minimum atomic E-state index is 0.0565. The van der Waals surface area contributed by atoms with Crippen LogP contribution in [0.25, 0.3) is 0 Å². The number of ether oxygens (including phenoxy) is 1. The fourth-order valence-corrected chi connectivity index (χ4v) is 1.68. The van der Waals surface area contributed by atoms with Gasteiger partial charge in [-0.2, -0.15) is 0 Å². The topological polar surface area (TPSA) is 26.3 Å². The number of hydrogen-bond donors (Lipinski definition) is 0. The molecule has 0 saturated carbocycles. The maximum atomic E-state index is 11.3. The van der Waals surface area contributed by atoms with Gasteiger partial charge in [0.05, 0.1) is 7.11 Å². The fourth-order valence-electron chi connectivity index (χ4n) is 1.68. The van der Waals surface area contributed by atoms with Crippen molar-refractivity contribution < 1.29 is 9.53 Å². The molecule has 1 unspecified atom stereocenters. The van der Waals surface area contributed by atoms with Crippen molar-refractivity contribution in [2.24, 2.45) is 5.92 Å². The number of hydrogen-bond acceptors (Lipinski definition) is 2. The van der Waals surface area contributed by atoms with E-state index in [0.717, 1.165) is 24.2 Å². The van der Waals surface area contributed by atoms with E-state index in [4.69, 9.17) is 4.74 Å². The fraction of sp³-hybridized carbons (Fsp3) is 0.500. The Labute approximate surface area is 97.6 Å². The van der Waals surface area contributed by atoms with E-state index in [0.29, 0.717) is 0 Å². The average Bonchev–Trinajstić information content (AvgIpc) is 2.28. The van der Waals surface area contributed by atoms with Gasteiger partial charge in [0.1, 0.15) is 11.5 Å². The van der Waals surface area contributed by atoms with E-state index in [-0.39, 0.29) is 11.7 Å². The molecule has 16 heavy (non-hydrogen) atoms. The standard InChI is InChI=1S/C14H20O2/c1-5-12-6-7-14(16-4)13(9-12)8-10(2)11(3)15/h6-7,9-10H,5,8H2,1-4H3. The molecule has 0 fully saturated rings. The molecule has 2 nitrogen and oxygen atoms in total. The molecule has 0 heterocycles. The van der Waals surface area contributed by atoms with Crippen molar-refractivity contribution in [3.05, 3.63) is 29.3 Å². The van der Waals surface area contributed by atoms with E-state index in [1.54, 1.807) is 14.0 Å². The van der Waals surface area contributed by atoms with Crippen LogP contribution in [-0.2, 0) is 17.6 Å². The van der Waals surface area contributed by atoms with Gasteiger partial charge in [-0.15, -0.1) is 0 Å². The van der Waals surface area contributed by atoms with Crippen molar-refractivity contribution in [2.45, 2.75) is 33.6 Å². The number of carbonyl (C=O) groups excluding carboxylic acids is 1. The summed E-state index contributed by atoms with van der Waals surface area (Å²) in [5, 5.41) is 0. The number of carbonyl (C=O) groups is 1. The number of methoxy groups -OCH3 is 1. The molecule has 0 N–H and O–H groups in total. The van der Waals surface area contributed by atoms with Crippen molar-refractivity contribution in [3.63, 3.8) is 0 Å². The summed E-state index contributed by atoms with van der Waals surface area (Å²) in [6.45, 7) is 5.72. The Morgan fingerprint density at radius 3 is 2.62 bits per heavy atom. The molecule has 0 bridgehead atoms. The third-order valence-corrected chi connectivity index (χ3v) is 2.97. The van der Waals surface area contributed by atoms with Crippen LogP contribution >= 0.6 is 0 Å². The zero-order chi connectivity index (χ0) is 12.1. The Morgan fingerprint density at radius 2 is 2.12 bits per heavy atom. The second-order valence-electron chi connectivity index (χ2n) is 4.22. The molecular formula is C14H20O2. The van der Waals surface area contributed by atoms with Crippen molar-refractivity contribution in [3.8, 4) is 5.75 Å². The van der Waals surface area contributed by atoms with Crippen LogP contribution in [-0.4, -0.2) is 12.9 Å². The Hall–Kier alpha value is -1.31. The van der Waals surface area contributed by atoms with Crippen molar-refractivity contribution in [2.75, 3.05) is 7.11 Å².